The fourth-order valence-electron chi connectivity index (χ4n) is 1.52. The summed E-state index contributed by atoms with van der Waals surface area (Å²) >= 11 is 0. The van der Waals surface area contributed by atoms with Gasteiger partial charge in [0.25, 0.3) is 5.69 Å². The topological polar surface area (TPSA) is 105 Å². The third-order valence-corrected chi connectivity index (χ3v) is 2.41. The number of nitriles is 1. The Bertz CT molecular complexity index is 636. The number of rotatable bonds is 4. The van der Waals surface area contributed by atoms with E-state index in [9.17, 15) is 10.1 Å². The van der Waals surface area contributed by atoms with Crippen molar-refractivity contribution >= 4 is 11.4 Å². The Morgan fingerprint density at radius 1 is 1.42 bits per heavy atom. The third-order valence-electron chi connectivity index (χ3n) is 2.41. The van der Waals surface area contributed by atoms with E-state index >= 15 is 0 Å². The monoisotopic (exact) mass is 255 g/mol. The molecule has 0 aliphatic heterocycles. The predicted molar refractivity (Wildman–Crippen MR) is 67.2 cm³/mol. The van der Waals surface area contributed by atoms with E-state index in [0.717, 1.165) is 5.69 Å². The molecule has 1 aromatic carbocycles. The number of anilines is 1. The highest BCUT2D eigenvalue weighted by molar-refractivity contribution is 5.58. The van der Waals surface area contributed by atoms with Crippen LogP contribution >= 0.6 is 0 Å². The van der Waals surface area contributed by atoms with Gasteiger partial charge in [0.2, 0.25) is 0 Å². The van der Waals surface area contributed by atoms with Gasteiger partial charge in [0.05, 0.1) is 17.2 Å². The molecule has 0 amide bonds. The van der Waals surface area contributed by atoms with E-state index in [0.29, 0.717) is 12.2 Å². The average Bonchev–Trinajstić information content (AvgIpc) is 2.45. The summed E-state index contributed by atoms with van der Waals surface area (Å²) < 4.78 is 0. The van der Waals surface area contributed by atoms with Crippen LogP contribution in [0.4, 0.5) is 11.4 Å². The normalized spacial score (nSPS) is 9.63. The number of nitro benzene ring substituents is 1. The summed E-state index contributed by atoms with van der Waals surface area (Å²) in [5.41, 5.74) is 1.17. The first-order chi connectivity index (χ1) is 9.20. The summed E-state index contributed by atoms with van der Waals surface area (Å²) in [6, 6.07) is 9.67. The van der Waals surface area contributed by atoms with Crippen LogP contribution in [0.3, 0.4) is 0 Å². The Balaban J connectivity index is 2.14. The fourth-order valence-corrected chi connectivity index (χ4v) is 1.52. The zero-order chi connectivity index (χ0) is 13.7. The third kappa shape index (κ3) is 3.01. The number of hydrogen-bond donors (Lipinski definition) is 1. The molecule has 94 valence electrons. The summed E-state index contributed by atoms with van der Waals surface area (Å²) in [7, 11) is 0. The van der Waals surface area contributed by atoms with Crippen molar-refractivity contribution in [2.24, 2.45) is 0 Å². The number of benzene rings is 1. The number of aromatic nitrogens is 2. The first kappa shape index (κ1) is 12.4. The first-order valence-electron chi connectivity index (χ1n) is 5.39. The van der Waals surface area contributed by atoms with Gasteiger partial charge in [-0.1, -0.05) is 0 Å². The van der Waals surface area contributed by atoms with Crippen LogP contribution in [0.25, 0.3) is 0 Å². The SMILES string of the molecule is N#Cc1cc(NCc2cccnn2)ccc1[N+](=O)[O-]. The lowest BCUT2D eigenvalue weighted by molar-refractivity contribution is -0.385. The summed E-state index contributed by atoms with van der Waals surface area (Å²) in [5, 5.41) is 30.2. The molecule has 0 unspecified atom stereocenters. The molecule has 0 aliphatic rings. The van der Waals surface area contributed by atoms with Crippen molar-refractivity contribution in [1.29, 1.82) is 5.26 Å². The highest BCUT2D eigenvalue weighted by Gasteiger charge is 2.13. The number of nitro groups is 1. The van der Waals surface area contributed by atoms with Gasteiger partial charge in [-0.15, -0.1) is 0 Å². The molecule has 0 bridgehead atoms. The molecule has 1 heterocycles. The van der Waals surface area contributed by atoms with E-state index in [4.69, 9.17) is 5.26 Å². The maximum atomic E-state index is 10.7. The second-order valence-electron chi connectivity index (χ2n) is 3.67. The average molecular weight is 255 g/mol. The van der Waals surface area contributed by atoms with Gasteiger partial charge in [0.15, 0.2) is 0 Å². The van der Waals surface area contributed by atoms with Crippen LogP contribution in [0, 0.1) is 21.4 Å². The maximum Gasteiger partial charge on any atom is 0.287 e. The van der Waals surface area contributed by atoms with Crippen LogP contribution < -0.4 is 5.32 Å². The Morgan fingerprint density at radius 3 is 2.89 bits per heavy atom. The minimum Gasteiger partial charge on any atom is -0.379 e. The molecule has 1 N–H and O–H groups in total. The van der Waals surface area contributed by atoms with Crippen molar-refractivity contribution in [2.45, 2.75) is 6.54 Å². The lowest BCUT2D eigenvalue weighted by Gasteiger charge is -2.05. The van der Waals surface area contributed by atoms with E-state index in [2.05, 4.69) is 15.5 Å². The molecule has 7 nitrogen and oxygen atoms in total. The molecule has 1 aromatic heterocycles. The highest BCUT2D eigenvalue weighted by Crippen LogP contribution is 2.21. The van der Waals surface area contributed by atoms with E-state index in [-0.39, 0.29) is 11.3 Å². The van der Waals surface area contributed by atoms with Crippen LogP contribution in [0.15, 0.2) is 36.5 Å². The first-order valence-corrected chi connectivity index (χ1v) is 5.39. The minimum atomic E-state index is -0.578. The van der Waals surface area contributed by atoms with Gasteiger partial charge in [-0.05, 0) is 24.3 Å². The summed E-state index contributed by atoms with van der Waals surface area (Å²) in [4.78, 5) is 10.1. The molecule has 19 heavy (non-hydrogen) atoms. The molecular weight excluding hydrogens is 246 g/mol. The second kappa shape index (κ2) is 5.55. The van der Waals surface area contributed by atoms with E-state index in [1.54, 1.807) is 30.5 Å². The molecule has 2 aromatic rings. The van der Waals surface area contributed by atoms with Crippen molar-refractivity contribution < 1.29 is 4.92 Å². The largest absolute Gasteiger partial charge is 0.379 e. The molecule has 0 saturated carbocycles. The molecule has 0 aliphatic carbocycles. The Labute approximate surface area is 108 Å². The van der Waals surface area contributed by atoms with Crippen molar-refractivity contribution in [3.8, 4) is 6.07 Å². The quantitative estimate of drug-likeness (QED) is 0.660. The van der Waals surface area contributed by atoms with Crippen molar-refractivity contribution in [3.05, 3.63) is 57.9 Å². The lowest BCUT2D eigenvalue weighted by atomic mass is 10.1. The van der Waals surface area contributed by atoms with Crippen molar-refractivity contribution in [3.63, 3.8) is 0 Å². The highest BCUT2D eigenvalue weighted by atomic mass is 16.6. The van der Waals surface area contributed by atoms with E-state index in [1.807, 2.05) is 0 Å². The van der Waals surface area contributed by atoms with Gasteiger partial charge in [0, 0.05) is 18.0 Å². The van der Waals surface area contributed by atoms with E-state index in [1.165, 1.54) is 12.1 Å². The second-order valence-corrected chi connectivity index (χ2v) is 3.67. The molecule has 0 atom stereocenters. The number of hydrogen-bond acceptors (Lipinski definition) is 6. The van der Waals surface area contributed by atoms with Gasteiger partial charge in [-0.2, -0.15) is 15.5 Å². The van der Waals surface area contributed by atoms with Crippen molar-refractivity contribution in [2.75, 3.05) is 5.32 Å². The molecule has 0 fully saturated rings. The number of nitrogens with one attached hydrogen (secondary N) is 1. The lowest BCUT2D eigenvalue weighted by Crippen LogP contribution is -2.03. The van der Waals surface area contributed by atoms with Gasteiger partial charge in [-0.3, -0.25) is 10.1 Å². The molecule has 0 saturated heterocycles. The van der Waals surface area contributed by atoms with Crippen LogP contribution in [-0.4, -0.2) is 15.1 Å². The van der Waals surface area contributed by atoms with Gasteiger partial charge in [-0.25, -0.2) is 0 Å². The van der Waals surface area contributed by atoms with Gasteiger partial charge < -0.3 is 5.32 Å². The van der Waals surface area contributed by atoms with Gasteiger partial charge in [0.1, 0.15) is 11.6 Å². The molecule has 2 rings (SSSR count). The van der Waals surface area contributed by atoms with Crippen LogP contribution in [0.5, 0.6) is 0 Å². The Morgan fingerprint density at radius 2 is 2.26 bits per heavy atom. The van der Waals surface area contributed by atoms with Crippen molar-refractivity contribution in [1.82, 2.24) is 10.2 Å². The summed E-state index contributed by atoms with van der Waals surface area (Å²) in [5.74, 6) is 0. The Hall–Kier alpha value is -3.01. The zero-order valence-electron chi connectivity index (χ0n) is 9.78. The standard InChI is InChI=1S/C12H9N5O2/c13-7-9-6-10(3-4-12(9)17(18)19)14-8-11-2-1-5-15-16-11/h1-6,14H,8H2. The molecule has 0 radical (unpaired) electrons. The Kier molecular flexibility index (Phi) is 3.64. The smallest absolute Gasteiger partial charge is 0.287 e. The van der Waals surface area contributed by atoms with Crippen LogP contribution in [0.2, 0.25) is 0 Å². The summed E-state index contributed by atoms with van der Waals surface area (Å²) in [6.45, 7) is 0.427. The maximum absolute atomic E-state index is 10.7. The van der Waals surface area contributed by atoms with Crippen LogP contribution in [0.1, 0.15) is 11.3 Å². The zero-order valence-corrected chi connectivity index (χ0v) is 9.78. The minimum absolute atomic E-state index is 0.0224. The van der Waals surface area contributed by atoms with Gasteiger partial charge >= 0.3 is 0 Å². The molecule has 0 spiro atoms. The molecule has 7 heteroatoms. The predicted octanol–water partition coefficient (Wildman–Crippen LogP) is 1.87. The van der Waals surface area contributed by atoms with E-state index < -0.39 is 4.92 Å². The molecular formula is C12H9N5O2. The fraction of sp³-hybridized carbons (Fsp3) is 0.0833. The number of nitrogens with zero attached hydrogens (tertiary/aromatic N) is 4. The van der Waals surface area contributed by atoms with Crippen LogP contribution in [-0.2, 0) is 6.54 Å². The summed E-state index contributed by atoms with van der Waals surface area (Å²) in [6.07, 6.45) is 1.57.